The summed E-state index contributed by atoms with van der Waals surface area (Å²) < 4.78 is 10.3. The molecule has 0 saturated carbocycles. The number of anilines is 2. The number of halogens is 2. The Kier molecular flexibility index (Phi) is 8.73. The summed E-state index contributed by atoms with van der Waals surface area (Å²) >= 11 is 17.4. The molecule has 0 spiro atoms. The first-order valence-electron chi connectivity index (χ1n) is 10.2. The second kappa shape index (κ2) is 11.5. The molecule has 1 aliphatic rings. The number of allylic oxidation sites excluding steroid dienone is 1. The molecule has 2 aromatic rings. The van der Waals surface area contributed by atoms with Crippen LogP contribution in [-0.2, 0) is 14.3 Å². The van der Waals surface area contributed by atoms with Gasteiger partial charge in [0.25, 0.3) is 0 Å². The molecule has 34 heavy (non-hydrogen) atoms. The van der Waals surface area contributed by atoms with E-state index in [9.17, 15) is 9.59 Å². The quantitative estimate of drug-likeness (QED) is 0.268. The van der Waals surface area contributed by atoms with Gasteiger partial charge < -0.3 is 30.3 Å². The number of esters is 1. The molecule has 180 valence electrons. The van der Waals surface area contributed by atoms with Crippen LogP contribution in [0.15, 0.2) is 53.7 Å². The lowest BCUT2D eigenvalue weighted by Gasteiger charge is -2.35. The smallest absolute Gasteiger partial charge is 0.338 e. The highest BCUT2D eigenvalue weighted by Crippen LogP contribution is 2.31. The zero-order chi connectivity index (χ0) is 24.8. The fourth-order valence-electron chi connectivity index (χ4n) is 3.28. The zero-order valence-corrected chi connectivity index (χ0v) is 21.1. The minimum atomic E-state index is -0.505. The van der Waals surface area contributed by atoms with Gasteiger partial charge in [0, 0.05) is 30.6 Å². The molecule has 3 N–H and O–H groups in total. The number of carbonyl (C=O) groups is 2. The number of amides is 2. The summed E-state index contributed by atoms with van der Waals surface area (Å²) in [5.74, 6) is -0.456. The molecule has 0 radical (unpaired) electrons. The monoisotopic (exact) mass is 522 g/mol. The van der Waals surface area contributed by atoms with Crippen LogP contribution in [-0.4, -0.2) is 49.4 Å². The SMILES string of the molecule is COCCOC(=O)C1=C(C)N(C)C(=S)NC1c1ccc(NC(=O)Nc2ccc(Cl)cc2Cl)cc1. The maximum absolute atomic E-state index is 12.8. The van der Waals surface area contributed by atoms with E-state index < -0.39 is 18.0 Å². The van der Waals surface area contributed by atoms with Gasteiger partial charge in [-0.2, -0.15) is 0 Å². The molecule has 8 nitrogen and oxygen atoms in total. The molecular formula is C23H24Cl2N4O4S. The van der Waals surface area contributed by atoms with E-state index in [0.717, 1.165) is 5.56 Å². The second-order valence-corrected chi connectivity index (χ2v) is 8.62. The van der Waals surface area contributed by atoms with E-state index in [0.29, 0.717) is 44.4 Å². The Hall–Kier alpha value is -2.85. The van der Waals surface area contributed by atoms with Crippen molar-refractivity contribution in [3.05, 3.63) is 69.3 Å². The van der Waals surface area contributed by atoms with E-state index in [4.69, 9.17) is 44.9 Å². The first kappa shape index (κ1) is 25.8. The standard InChI is InChI=1S/C23H24Cl2N4O4S/c1-13-19(21(30)33-11-10-32-3)20(28-23(34)29(13)2)14-4-7-16(8-5-14)26-22(31)27-18-9-6-15(24)12-17(18)25/h4-9,12,20H,10-11H2,1-3H3,(H,28,34)(H2,26,27,31). The van der Waals surface area contributed by atoms with Gasteiger partial charge in [0.05, 0.1) is 28.9 Å². The lowest BCUT2D eigenvalue weighted by Crippen LogP contribution is -2.46. The fraction of sp³-hybridized carbons (Fsp3) is 0.261. The van der Waals surface area contributed by atoms with Gasteiger partial charge in [-0.1, -0.05) is 35.3 Å². The topological polar surface area (TPSA) is 91.9 Å². The Morgan fingerprint density at radius 3 is 2.47 bits per heavy atom. The molecule has 2 amide bonds. The number of hydrogen-bond acceptors (Lipinski definition) is 5. The van der Waals surface area contributed by atoms with Crippen molar-refractivity contribution >= 4 is 63.9 Å². The lowest BCUT2D eigenvalue weighted by molar-refractivity contribution is -0.140. The molecule has 1 atom stereocenters. The van der Waals surface area contributed by atoms with Crippen LogP contribution < -0.4 is 16.0 Å². The number of methoxy groups -OCH3 is 1. The van der Waals surface area contributed by atoms with E-state index in [2.05, 4.69) is 16.0 Å². The van der Waals surface area contributed by atoms with E-state index in [1.54, 1.807) is 54.4 Å². The molecule has 3 rings (SSSR count). The summed E-state index contributed by atoms with van der Waals surface area (Å²) in [4.78, 5) is 26.9. The highest BCUT2D eigenvalue weighted by atomic mass is 35.5. The summed E-state index contributed by atoms with van der Waals surface area (Å²) in [5.41, 5.74) is 2.90. The van der Waals surface area contributed by atoms with E-state index in [-0.39, 0.29) is 6.61 Å². The van der Waals surface area contributed by atoms with Crippen molar-refractivity contribution in [2.24, 2.45) is 0 Å². The number of hydrogen-bond donors (Lipinski definition) is 3. The predicted octanol–water partition coefficient (Wildman–Crippen LogP) is 4.96. The lowest BCUT2D eigenvalue weighted by atomic mass is 9.95. The van der Waals surface area contributed by atoms with Crippen LogP contribution >= 0.6 is 35.4 Å². The van der Waals surface area contributed by atoms with Gasteiger partial charge >= 0.3 is 12.0 Å². The van der Waals surface area contributed by atoms with Gasteiger partial charge in [0.15, 0.2) is 5.11 Å². The third-order valence-corrected chi connectivity index (χ3v) is 6.12. The van der Waals surface area contributed by atoms with E-state index >= 15 is 0 Å². The number of thiocarbonyl (C=S) groups is 1. The summed E-state index contributed by atoms with van der Waals surface area (Å²) in [6, 6.07) is 10.9. The molecule has 1 unspecified atom stereocenters. The second-order valence-electron chi connectivity index (χ2n) is 7.39. The number of carbonyl (C=O) groups excluding carboxylic acids is 2. The number of benzene rings is 2. The molecule has 0 saturated heterocycles. The number of nitrogens with one attached hydrogen (secondary N) is 3. The molecule has 1 aliphatic heterocycles. The van der Waals surface area contributed by atoms with E-state index in [1.807, 2.05) is 6.92 Å². The van der Waals surface area contributed by atoms with Crippen LogP contribution in [0.4, 0.5) is 16.2 Å². The number of ether oxygens (including phenoxy) is 2. The maximum atomic E-state index is 12.8. The minimum absolute atomic E-state index is 0.141. The Labute approximate surface area is 213 Å². The summed E-state index contributed by atoms with van der Waals surface area (Å²) in [6.07, 6.45) is 0. The third kappa shape index (κ3) is 6.18. The van der Waals surface area contributed by atoms with Crippen molar-refractivity contribution < 1.29 is 19.1 Å². The third-order valence-electron chi connectivity index (χ3n) is 5.18. The van der Waals surface area contributed by atoms with Crippen molar-refractivity contribution in [2.45, 2.75) is 13.0 Å². The molecular weight excluding hydrogens is 499 g/mol. The van der Waals surface area contributed by atoms with Crippen molar-refractivity contribution in [3.63, 3.8) is 0 Å². The van der Waals surface area contributed by atoms with Crippen LogP contribution in [0.5, 0.6) is 0 Å². The van der Waals surface area contributed by atoms with Gasteiger partial charge in [0.1, 0.15) is 6.61 Å². The molecule has 11 heteroatoms. The average Bonchev–Trinajstić information content (AvgIpc) is 2.79. The summed E-state index contributed by atoms with van der Waals surface area (Å²) in [5, 5.41) is 9.88. The Balaban J connectivity index is 1.75. The van der Waals surface area contributed by atoms with Gasteiger partial charge in [-0.25, -0.2) is 9.59 Å². The number of urea groups is 1. The number of nitrogens with zero attached hydrogens (tertiary/aromatic N) is 1. The van der Waals surface area contributed by atoms with Crippen molar-refractivity contribution in [1.29, 1.82) is 0 Å². The summed E-state index contributed by atoms with van der Waals surface area (Å²) in [6.45, 7) is 2.26. The fourth-order valence-corrected chi connectivity index (χ4v) is 3.99. The summed E-state index contributed by atoms with van der Waals surface area (Å²) in [7, 11) is 3.32. The Bertz CT molecular complexity index is 1120. The minimum Gasteiger partial charge on any atom is -0.460 e. The zero-order valence-electron chi connectivity index (χ0n) is 18.8. The van der Waals surface area contributed by atoms with Gasteiger partial charge in [-0.15, -0.1) is 0 Å². The first-order valence-corrected chi connectivity index (χ1v) is 11.4. The van der Waals surface area contributed by atoms with Crippen molar-refractivity contribution in [1.82, 2.24) is 10.2 Å². The Morgan fingerprint density at radius 1 is 1.12 bits per heavy atom. The largest absolute Gasteiger partial charge is 0.460 e. The van der Waals surface area contributed by atoms with Crippen molar-refractivity contribution in [2.75, 3.05) is 38.0 Å². The van der Waals surface area contributed by atoms with Gasteiger partial charge in [-0.3, -0.25) is 0 Å². The predicted molar refractivity (Wildman–Crippen MR) is 137 cm³/mol. The molecule has 0 bridgehead atoms. The average molecular weight is 523 g/mol. The van der Waals surface area contributed by atoms with Crippen LogP contribution in [0.2, 0.25) is 10.0 Å². The van der Waals surface area contributed by atoms with Crippen molar-refractivity contribution in [3.8, 4) is 0 Å². The van der Waals surface area contributed by atoms with Crippen LogP contribution in [0.25, 0.3) is 0 Å². The first-order chi connectivity index (χ1) is 16.2. The molecule has 0 aliphatic carbocycles. The molecule has 2 aromatic carbocycles. The van der Waals surface area contributed by atoms with Gasteiger partial charge in [0.2, 0.25) is 0 Å². The van der Waals surface area contributed by atoms with E-state index in [1.165, 1.54) is 7.11 Å². The van der Waals surface area contributed by atoms with Gasteiger partial charge in [-0.05, 0) is 55.0 Å². The highest BCUT2D eigenvalue weighted by Gasteiger charge is 2.33. The number of rotatable bonds is 7. The molecule has 0 fully saturated rings. The van der Waals surface area contributed by atoms with Crippen LogP contribution in [0, 0.1) is 0 Å². The van der Waals surface area contributed by atoms with Crippen LogP contribution in [0.1, 0.15) is 18.5 Å². The molecule has 1 heterocycles. The van der Waals surface area contributed by atoms with Crippen LogP contribution in [0.3, 0.4) is 0 Å². The Morgan fingerprint density at radius 2 is 1.82 bits per heavy atom. The maximum Gasteiger partial charge on any atom is 0.338 e. The molecule has 0 aromatic heterocycles. The highest BCUT2D eigenvalue weighted by molar-refractivity contribution is 7.80. The normalized spacial score (nSPS) is 15.6.